The fourth-order valence-corrected chi connectivity index (χ4v) is 3.12. The van der Waals surface area contributed by atoms with Crippen molar-refractivity contribution in [1.29, 1.82) is 0 Å². The summed E-state index contributed by atoms with van der Waals surface area (Å²) in [5, 5.41) is 10.3. The van der Waals surface area contributed by atoms with Crippen LogP contribution in [0.3, 0.4) is 0 Å². The molecule has 0 aromatic carbocycles. The first-order valence-electron chi connectivity index (χ1n) is 6.36. The van der Waals surface area contributed by atoms with Gasteiger partial charge in [-0.2, -0.15) is 0 Å². The van der Waals surface area contributed by atoms with Crippen molar-refractivity contribution in [2.45, 2.75) is 58.5 Å². The van der Waals surface area contributed by atoms with Crippen LogP contribution < -0.4 is 0 Å². The largest absolute Gasteiger partial charge is 0.393 e. The molecule has 1 heteroatoms. The van der Waals surface area contributed by atoms with Crippen LogP contribution in [0.5, 0.6) is 0 Å². The van der Waals surface area contributed by atoms with Crippen LogP contribution in [0.2, 0.25) is 0 Å². The second-order valence-corrected chi connectivity index (χ2v) is 5.72. The summed E-state index contributed by atoms with van der Waals surface area (Å²) in [6, 6.07) is 0. The molecule has 2 aliphatic carbocycles. The molecule has 0 heterocycles. The Morgan fingerprint density at radius 2 is 1.79 bits per heavy atom. The van der Waals surface area contributed by atoms with Gasteiger partial charge in [-0.3, -0.25) is 0 Å². The summed E-state index contributed by atoms with van der Waals surface area (Å²) in [5.41, 5.74) is 0. The summed E-state index contributed by atoms with van der Waals surface area (Å²) in [4.78, 5) is 0. The highest BCUT2D eigenvalue weighted by Gasteiger charge is 2.37. The fraction of sp³-hybridized carbons (Fsp3) is 1.00. The first kappa shape index (κ1) is 10.5. The average Bonchev–Trinajstić information content (AvgIpc) is 2.99. The molecule has 0 aromatic heterocycles. The van der Waals surface area contributed by atoms with Crippen molar-refractivity contribution >= 4 is 0 Å². The Kier molecular flexibility index (Phi) is 3.16. The topological polar surface area (TPSA) is 20.2 Å². The minimum atomic E-state index is -0.00903. The van der Waals surface area contributed by atoms with E-state index in [0.717, 1.165) is 11.8 Å². The molecule has 0 radical (unpaired) electrons. The lowest BCUT2D eigenvalue weighted by Crippen LogP contribution is -2.32. The number of aliphatic hydroxyl groups is 1. The van der Waals surface area contributed by atoms with Crippen LogP contribution in [-0.4, -0.2) is 11.2 Å². The van der Waals surface area contributed by atoms with Gasteiger partial charge in [0.15, 0.2) is 0 Å². The number of rotatable bonds is 3. The van der Waals surface area contributed by atoms with Crippen molar-refractivity contribution in [2.75, 3.05) is 0 Å². The molecular weight excluding hydrogens is 172 g/mol. The maximum absolute atomic E-state index is 10.3. The van der Waals surface area contributed by atoms with Crippen molar-refractivity contribution in [3.8, 4) is 0 Å². The normalized spacial score (nSPS) is 37.9. The van der Waals surface area contributed by atoms with Crippen molar-refractivity contribution in [2.24, 2.45) is 23.7 Å². The molecule has 0 aliphatic heterocycles. The van der Waals surface area contributed by atoms with Gasteiger partial charge in [0.1, 0.15) is 0 Å². The van der Waals surface area contributed by atoms with Gasteiger partial charge in [0.2, 0.25) is 0 Å². The van der Waals surface area contributed by atoms with Gasteiger partial charge in [-0.25, -0.2) is 0 Å². The molecule has 0 bridgehead atoms. The lowest BCUT2D eigenvalue weighted by molar-refractivity contribution is 0.0226. The molecule has 1 N–H and O–H groups in total. The third-order valence-electron chi connectivity index (χ3n) is 4.36. The highest BCUT2D eigenvalue weighted by atomic mass is 16.3. The van der Waals surface area contributed by atoms with Crippen LogP contribution in [0, 0.1) is 23.7 Å². The van der Waals surface area contributed by atoms with Crippen LogP contribution in [0.4, 0.5) is 0 Å². The number of hydrogen-bond donors (Lipinski definition) is 1. The summed E-state index contributed by atoms with van der Waals surface area (Å²) < 4.78 is 0. The van der Waals surface area contributed by atoms with E-state index in [-0.39, 0.29) is 6.10 Å². The molecule has 2 saturated carbocycles. The molecular formula is C13H24O. The molecule has 14 heavy (non-hydrogen) atoms. The van der Waals surface area contributed by atoms with Gasteiger partial charge in [-0.1, -0.05) is 26.7 Å². The lowest BCUT2D eigenvalue weighted by atomic mass is 9.76. The highest BCUT2D eigenvalue weighted by molar-refractivity contribution is 4.87. The SMILES string of the molecule is CC1CCCC(C(O)C(C)C2CC2)C1. The maximum atomic E-state index is 10.3. The smallest absolute Gasteiger partial charge is 0.0596 e. The lowest BCUT2D eigenvalue weighted by Gasteiger charge is -2.33. The molecule has 4 atom stereocenters. The van der Waals surface area contributed by atoms with E-state index in [1.165, 1.54) is 38.5 Å². The van der Waals surface area contributed by atoms with E-state index in [9.17, 15) is 5.11 Å². The Bertz CT molecular complexity index is 186. The van der Waals surface area contributed by atoms with Crippen LogP contribution in [0.1, 0.15) is 52.4 Å². The van der Waals surface area contributed by atoms with Gasteiger partial charge in [0.25, 0.3) is 0 Å². The van der Waals surface area contributed by atoms with Crippen LogP contribution in [-0.2, 0) is 0 Å². The molecule has 4 unspecified atom stereocenters. The molecule has 82 valence electrons. The van der Waals surface area contributed by atoms with Crippen molar-refractivity contribution < 1.29 is 5.11 Å². The third kappa shape index (κ3) is 2.31. The third-order valence-corrected chi connectivity index (χ3v) is 4.36. The summed E-state index contributed by atoms with van der Waals surface area (Å²) in [7, 11) is 0. The molecule has 2 aliphatic rings. The summed E-state index contributed by atoms with van der Waals surface area (Å²) in [5.74, 6) is 2.86. The number of hydrogen-bond acceptors (Lipinski definition) is 1. The van der Waals surface area contributed by atoms with E-state index >= 15 is 0 Å². The van der Waals surface area contributed by atoms with Crippen molar-refractivity contribution in [3.05, 3.63) is 0 Å². The van der Waals surface area contributed by atoms with Crippen molar-refractivity contribution in [1.82, 2.24) is 0 Å². The van der Waals surface area contributed by atoms with Gasteiger partial charge >= 0.3 is 0 Å². The minimum absolute atomic E-state index is 0.00903. The van der Waals surface area contributed by atoms with Crippen LogP contribution in [0.25, 0.3) is 0 Å². The van der Waals surface area contributed by atoms with Gasteiger partial charge in [0.05, 0.1) is 6.10 Å². The summed E-state index contributed by atoms with van der Waals surface area (Å²) >= 11 is 0. The summed E-state index contributed by atoms with van der Waals surface area (Å²) in [6.45, 7) is 4.59. The van der Waals surface area contributed by atoms with Crippen LogP contribution >= 0.6 is 0 Å². The predicted octanol–water partition coefficient (Wildman–Crippen LogP) is 3.22. The van der Waals surface area contributed by atoms with Crippen LogP contribution in [0.15, 0.2) is 0 Å². The predicted molar refractivity (Wildman–Crippen MR) is 59.0 cm³/mol. The summed E-state index contributed by atoms with van der Waals surface area (Å²) in [6.07, 6.45) is 7.95. The monoisotopic (exact) mass is 196 g/mol. The molecule has 0 aromatic rings. The van der Waals surface area contributed by atoms with E-state index in [1.54, 1.807) is 0 Å². The fourth-order valence-electron chi connectivity index (χ4n) is 3.12. The first-order chi connectivity index (χ1) is 6.68. The first-order valence-corrected chi connectivity index (χ1v) is 6.36. The Morgan fingerprint density at radius 3 is 2.36 bits per heavy atom. The minimum Gasteiger partial charge on any atom is -0.393 e. The average molecular weight is 196 g/mol. The van der Waals surface area contributed by atoms with E-state index in [0.29, 0.717) is 11.8 Å². The quantitative estimate of drug-likeness (QED) is 0.735. The second kappa shape index (κ2) is 4.22. The molecule has 1 nitrogen and oxygen atoms in total. The van der Waals surface area contributed by atoms with Gasteiger partial charge < -0.3 is 5.11 Å². The molecule has 0 amide bonds. The Morgan fingerprint density at radius 1 is 1.07 bits per heavy atom. The van der Waals surface area contributed by atoms with Gasteiger partial charge in [0, 0.05) is 0 Å². The zero-order valence-corrected chi connectivity index (χ0v) is 9.58. The highest BCUT2D eigenvalue weighted by Crippen LogP contribution is 2.42. The Balaban J connectivity index is 1.85. The van der Waals surface area contributed by atoms with E-state index in [1.807, 2.05) is 0 Å². The maximum Gasteiger partial charge on any atom is 0.0596 e. The zero-order chi connectivity index (χ0) is 10.1. The second-order valence-electron chi connectivity index (χ2n) is 5.72. The zero-order valence-electron chi connectivity index (χ0n) is 9.58. The Labute approximate surface area is 87.9 Å². The van der Waals surface area contributed by atoms with Gasteiger partial charge in [-0.15, -0.1) is 0 Å². The Hall–Kier alpha value is -0.0400. The molecule has 2 fully saturated rings. The standard InChI is InChI=1S/C13H24O/c1-9-4-3-5-12(8-9)13(14)10(2)11-6-7-11/h9-14H,3-8H2,1-2H3. The van der Waals surface area contributed by atoms with E-state index in [4.69, 9.17) is 0 Å². The molecule has 2 rings (SSSR count). The van der Waals surface area contributed by atoms with Crippen molar-refractivity contribution in [3.63, 3.8) is 0 Å². The number of aliphatic hydroxyl groups excluding tert-OH is 1. The molecule has 0 saturated heterocycles. The van der Waals surface area contributed by atoms with E-state index < -0.39 is 0 Å². The molecule has 0 spiro atoms. The van der Waals surface area contributed by atoms with Gasteiger partial charge in [-0.05, 0) is 49.4 Å². The van der Waals surface area contributed by atoms with E-state index in [2.05, 4.69) is 13.8 Å².